The van der Waals surface area contributed by atoms with E-state index in [2.05, 4.69) is 10.4 Å². The number of hydrogen-bond acceptors (Lipinski definition) is 5. The summed E-state index contributed by atoms with van der Waals surface area (Å²) in [5.41, 5.74) is 0.408. The van der Waals surface area contributed by atoms with Crippen LogP contribution in [-0.2, 0) is 11.3 Å². The molecular formula is C20H17ClF2N4O4. The molecule has 2 aromatic carbocycles. The molecule has 8 nitrogen and oxygen atoms in total. The second kappa shape index (κ2) is 9.09. The number of nitrogens with one attached hydrogen (secondary N) is 1. The van der Waals surface area contributed by atoms with E-state index < -0.39 is 29.5 Å². The molecule has 31 heavy (non-hydrogen) atoms. The van der Waals surface area contributed by atoms with Crippen LogP contribution >= 0.6 is 11.6 Å². The molecule has 11 heteroatoms. The first kappa shape index (κ1) is 22.2. The second-order valence-corrected chi connectivity index (χ2v) is 7.14. The average molecular weight is 451 g/mol. The lowest BCUT2D eigenvalue weighted by molar-refractivity contribution is -0.384. The highest BCUT2D eigenvalue weighted by Gasteiger charge is 2.19. The maximum atomic E-state index is 13.1. The molecule has 0 unspecified atom stereocenters. The van der Waals surface area contributed by atoms with Gasteiger partial charge in [0.25, 0.3) is 12.1 Å². The van der Waals surface area contributed by atoms with Gasteiger partial charge in [0, 0.05) is 17.2 Å². The lowest BCUT2D eigenvalue weighted by Gasteiger charge is -2.12. The number of rotatable bonds is 7. The molecule has 3 rings (SSSR count). The van der Waals surface area contributed by atoms with Gasteiger partial charge >= 0.3 is 0 Å². The van der Waals surface area contributed by atoms with Gasteiger partial charge in [0.05, 0.1) is 22.4 Å². The number of aromatic nitrogens is 2. The van der Waals surface area contributed by atoms with E-state index in [9.17, 15) is 23.7 Å². The largest absolute Gasteiger partial charge is 0.457 e. The maximum absolute atomic E-state index is 13.1. The molecule has 0 aliphatic heterocycles. The highest BCUT2D eigenvalue weighted by Crippen LogP contribution is 2.32. The van der Waals surface area contributed by atoms with Crippen LogP contribution in [0.5, 0.6) is 11.5 Å². The molecular weight excluding hydrogens is 434 g/mol. The molecule has 1 heterocycles. The number of halogens is 3. The summed E-state index contributed by atoms with van der Waals surface area (Å²) < 4.78 is 32.8. The summed E-state index contributed by atoms with van der Waals surface area (Å²) in [5.74, 6) is -0.145. The van der Waals surface area contributed by atoms with Gasteiger partial charge in [-0.15, -0.1) is 0 Å². The van der Waals surface area contributed by atoms with E-state index in [1.54, 1.807) is 25.1 Å². The van der Waals surface area contributed by atoms with Crippen LogP contribution in [0.1, 0.15) is 23.4 Å². The van der Waals surface area contributed by atoms with Crippen molar-refractivity contribution in [2.45, 2.75) is 26.8 Å². The monoisotopic (exact) mass is 450 g/mol. The number of hydrogen-bond donors (Lipinski definition) is 1. The molecule has 0 aliphatic carbocycles. The van der Waals surface area contributed by atoms with E-state index in [0.29, 0.717) is 22.0 Å². The van der Waals surface area contributed by atoms with Gasteiger partial charge in [-0.3, -0.25) is 19.6 Å². The molecule has 1 aromatic heterocycles. The third-order valence-electron chi connectivity index (χ3n) is 4.20. The molecule has 1 N–H and O–H groups in total. The molecule has 0 radical (unpaired) electrons. The quantitative estimate of drug-likeness (QED) is 0.382. The average Bonchev–Trinajstić information content (AvgIpc) is 3.04. The van der Waals surface area contributed by atoms with Crippen molar-refractivity contribution in [2.24, 2.45) is 0 Å². The zero-order valence-electron chi connectivity index (χ0n) is 16.4. The van der Waals surface area contributed by atoms with Gasteiger partial charge in [0.15, 0.2) is 0 Å². The number of aryl methyl sites for hydroxylation is 2. The first-order chi connectivity index (χ1) is 14.6. The van der Waals surface area contributed by atoms with Crippen LogP contribution in [0, 0.1) is 24.0 Å². The Morgan fingerprint density at radius 3 is 2.65 bits per heavy atom. The molecule has 0 bridgehead atoms. The van der Waals surface area contributed by atoms with Gasteiger partial charge in [0.1, 0.15) is 23.7 Å². The van der Waals surface area contributed by atoms with Crippen molar-refractivity contribution >= 4 is 28.9 Å². The number of anilines is 1. The van der Waals surface area contributed by atoms with Crippen molar-refractivity contribution in [1.29, 1.82) is 0 Å². The van der Waals surface area contributed by atoms with E-state index in [0.717, 1.165) is 10.7 Å². The summed E-state index contributed by atoms with van der Waals surface area (Å²) in [6, 6.07) is 9.81. The summed E-state index contributed by atoms with van der Waals surface area (Å²) in [5, 5.41) is 18.1. The minimum atomic E-state index is -2.80. The molecule has 3 aromatic rings. The summed E-state index contributed by atoms with van der Waals surface area (Å²) in [6.07, 6.45) is -2.80. The minimum absolute atomic E-state index is 0.0725. The first-order valence-corrected chi connectivity index (χ1v) is 9.36. The lowest BCUT2D eigenvalue weighted by atomic mass is 10.2. The Morgan fingerprint density at radius 1 is 1.26 bits per heavy atom. The number of amides is 1. The highest BCUT2D eigenvalue weighted by molar-refractivity contribution is 6.30. The predicted octanol–water partition coefficient (Wildman–Crippen LogP) is 5.43. The van der Waals surface area contributed by atoms with E-state index in [-0.39, 0.29) is 17.1 Å². The minimum Gasteiger partial charge on any atom is -0.457 e. The molecule has 162 valence electrons. The number of nitrogens with zero attached hydrogens (tertiary/aromatic N) is 3. The fraction of sp³-hybridized carbons (Fsp3) is 0.200. The van der Waals surface area contributed by atoms with E-state index in [4.69, 9.17) is 16.3 Å². The fourth-order valence-electron chi connectivity index (χ4n) is 2.88. The number of benzene rings is 2. The summed E-state index contributed by atoms with van der Waals surface area (Å²) in [4.78, 5) is 23.0. The second-order valence-electron chi connectivity index (χ2n) is 6.70. The number of non-ortho nitro benzene ring substituents is 1. The van der Waals surface area contributed by atoms with E-state index >= 15 is 0 Å². The Labute approximate surface area is 180 Å². The molecule has 0 atom stereocenters. The normalized spacial score (nSPS) is 10.9. The number of ether oxygens (including phenoxy) is 1. The van der Waals surface area contributed by atoms with E-state index in [1.165, 1.54) is 25.1 Å². The van der Waals surface area contributed by atoms with Crippen molar-refractivity contribution in [3.8, 4) is 11.5 Å². The Morgan fingerprint density at radius 2 is 2.00 bits per heavy atom. The smallest absolute Gasteiger partial charge is 0.280 e. The zero-order valence-corrected chi connectivity index (χ0v) is 17.2. The standard InChI is InChI=1S/C20H17ClF2N4O4/c1-11-5-13(21)3-4-18(11)31-16-8-14(7-15(9-16)27(29)30)24-19(28)10-26-17(20(22)23)6-12(2)25-26/h3-9,20H,10H2,1-2H3,(H,24,28). The SMILES string of the molecule is Cc1cc(C(F)F)n(CC(=O)Nc2cc(Oc3ccc(Cl)cc3C)cc([N+](=O)[O-])c2)n1. The molecule has 1 amide bonds. The van der Waals surface area contributed by atoms with Crippen LogP contribution in [0.4, 0.5) is 20.2 Å². The van der Waals surface area contributed by atoms with Crippen molar-refractivity contribution in [3.05, 3.63) is 74.6 Å². The van der Waals surface area contributed by atoms with Crippen LogP contribution < -0.4 is 10.1 Å². The van der Waals surface area contributed by atoms with Gasteiger partial charge in [-0.05, 0) is 43.7 Å². The van der Waals surface area contributed by atoms with Crippen molar-refractivity contribution in [3.63, 3.8) is 0 Å². The third kappa shape index (κ3) is 5.54. The van der Waals surface area contributed by atoms with Crippen LogP contribution in [0.2, 0.25) is 5.02 Å². The van der Waals surface area contributed by atoms with Crippen molar-refractivity contribution in [1.82, 2.24) is 9.78 Å². The number of alkyl halides is 2. The molecule has 0 aliphatic rings. The van der Waals surface area contributed by atoms with Crippen LogP contribution in [0.15, 0.2) is 42.5 Å². The predicted molar refractivity (Wildman–Crippen MR) is 110 cm³/mol. The topological polar surface area (TPSA) is 99.3 Å². The Kier molecular flexibility index (Phi) is 6.50. The number of carbonyl (C=O) groups excluding carboxylic acids is 1. The molecule has 0 fully saturated rings. The zero-order chi connectivity index (χ0) is 22.7. The van der Waals surface area contributed by atoms with Gasteiger partial charge in [-0.25, -0.2) is 8.78 Å². The van der Waals surface area contributed by atoms with Gasteiger partial charge in [-0.1, -0.05) is 11.6 Å². The Balaban J connectivity index is 1.83. The molecule has 0 saturated carbocycles. The van der Waals surface area contributed by atoms with Gasteiger partial charge in [-0.2, -0.15) is 5.10 Å². The molecule has 0 saturated heterocycles. The number of nitro groups is 1. The summed E-state index contributed by atoms with van der Waals surface area (Å²) in [7, 11) is 0. The van der Waals surface area contributed by atoms with E-state index in [1.807, 2.05) is 0 Å². The van der Waals surface area contributed by atoms with Crippen LogP contribution in [0.25, 0.3) is 0 Å². The summed E-state index contributed by atoms with van der Waals surface area (Å²) >= 11 is 5.92. The Bertz CT molecular complexity index is 1150. The first-order valence-electron chi connectivity index (χ1n) is 8.98. The van der Waals surface area contributed by atoms with Crippen molar-refractivity contribution < 1.29 is 23.2 Å². The van der Waals surface area contributed by atoms with Crippen LogP contribution in [0.3, 0.4) is 0 Å². The maximum Gasteiger partial charge on any atom is 0.280 e. The van der Waals surface area contributed by atoms with Crippen molar-refractivity contribution in [2.75, 3.05) is 5.32 Å². The van der Waals surface area contributed by atoms with Crippen LogP contribution in [-0.4, -0.2) is 20.6 Å². The molecule has 0 spiro atoms. The lowest BCUT2D eigenvalue weighted by Crippen LogP contribution is -2.21. The number of nitro benzene ring substituents is 1. The number of carbonyl (C=O) groups is 1. The Hall–Kier alpha value is -3.53. The third-order valence-corrected chi connectivity index (χ3v) is 4.44. The van der Waals surface area contributed by atoms with Gasteiger partial charge in [0.2, 0.25) is 5.91 Å². The fourth-order valence-corrected chi connectivity index (χ4v) is 3.11. The van der Waals surface area contributed by atoms with Gasteiger partial charge < -0.3 is 10.1 Å². The highest BCUT2D eigenvalue weighted by atomic mass is 35.5. The summed E-state index contributed by atoms with van der Waals surface area (Å²) in [6.45, 7) is 2.81.